The molecule has 0 bridgehead atoms. The van der Waals surface area contributed by atoms with Crippen LogP contribution in [-0.2, 0) is 6.54 Å². The quantitative estimate of drug-likeness (QED) is 0.406. The van der Waals surface area contributed by atoms with Crippen molar-refractivity contribution in [2.24, 2.45) is 5.84 Å². The van der Waals surface area contributed by atoms with Gasteiger partial charge in [0.1, 0.15) is 0 Å². The lowest BCUT2D eigenvalue weighted by molar-refractivity contribution is 0.0948. The number of likely N-dealkylation sites (N-methyl/N-ethyl adjacent to an activating group) is 1. The van der Waals surface area contributed by atoms with Crippen molar-refractivity contribution >= 4 is 5.91 Å². The molecule has 1 heterocycles. The Labute approximate surface area is 107 Å². The molecule has 0 radical (unpaired) electrons. The van der Waals surface area contributed by atoms with Crippen LogP contribution in [0.25, 0.3) is 0 Å². The summed E-state index contributed by atoms with van der Waals surface area (Å²) in [5.41, 5.74) is 2.27. The number of rotatable bonds is 7. The molecule has 0 saturated carbocycles. The SMILES string of the molecule is CCC(C)N(CC)CCn1cc(C(=O)NN)nn1. The Bertz CT molecular complexity index is 377. The Morgan fingerprint density at radius 2 is 2.33 bits per heavy atom. The minimum absolute atomic E-state index is 0.240. The van der Waals surface area contributed by atoms with Crippen LogP contribution in [-0.4, -0.2) is 44.9 Å². The lowest BCUT2D eigenvalue weighted by Crippen LogP contribution is -2.35. The zero-order valence-electron chi connectivity index (χ0n) is 11.3. The highest BCUT2D eigenvalue weighted by molar-refractivity contribution is 5.91. The first-order valence-electron chi connectivity index (χ1n) is 6.27. The molecular weight excluding hydrogens is 232 g/mol. The van der Waals surface area contributed by atoms with Crippen LogP contribution in [0.2, 0.25) is 0 Å². The van der Waals surface area contributed by atoms with Crippen molar-refractivity contribution in [3.8, 4) is 0 Å². The second-order valence-electron chi connectivity index (χ2n) is 4.23. The van der Waals surface area contributed by atoms with Crippen molar-refractivity contribution in [3.05, 3.63) is 11.9 Å². The molecule has 0 aromatic carbocycles. The highest BCUT2D eigenvalue weighted by atomic mass is 16.2. The van der Waals surface area contributed by atoms with Gasteiger partial charge in [0.15, 0.2) is 5.69 Å². The fourth-order valence-corrected chi connectivity index (χ4v) is 1.76. The highest BCUT2D eigenvalue weighted by Crippen LogP contribution is 2.03. The number of nitrogen functional groups attached to an aromatic ring is 1. The molecule has 1 aromatic heterocycles. The third-order valence-corrected chi connectivity index (χ3v) is 3.14. The molecule has 1 rings (SSSR count). The van der Waals surface area contributed by atoms with E-state index in [0.29, 0.717) is 12.6 Å². The molecule has 7 nitrogen and oxygen atoms in total. The van der Waals surface area contributed by atoms with E-state index in [1.54, 1.807) is 10.9 Å². The average Bonchev–Trinajstić information content (AvgIpc) is 2.86. The molecule has 1 amide bonds. The summed E-state index contributed by atoms with van der Waals surface area (Å²) in [7, 11) is 0. The summed E-state index contributed by atoms with van der Waals surface area (Å²) < 4.78 is 1.66. The van der Waals surface area contributed by atoms with Crippen LogP contribution in [0, 0.1) is 0 Å². The van der Waals surface area contributed by atoms with E-state index in [2.05, 4.69) is 36.0 Å². The van der Waals surface area contributed by atoms with E-state index >= 15 is 0 Å². The molecule has 1 atom stereocenters. The molecule has 0 aliphatic rings. The lowest BCUT2D eigenvalue weighted by Gasteiger charge is -2.26. The Balaban J connectivity index is 2.52. The zero-order valence-corrected chi connectivity index (χ0v) is 11.3. The number of hydrogen-bond acceptors (Lipinski definition) is 5. The molecule has 0 spiro atoms. The number of hydrogen-bond donors (Lipinski definition) is 2. The first-order valence-corrected chi connectivity index (χ1v) is 6.27. The van der Waals surface area contributed by atoms with Gasteiger partial charge in [-0.05, 0) is 19.9 Å². The van der Waals surface area contributed by atoms with Gasteiger partial charge in [0.25, 0.3) is 5.91 Å². The van der Waals surface area contributed by atoms with Crippen LogP contribution in [0.15, 0.2) is 6.20 Å². The van der Waals surface area contributed by atoms with Crippen molar-refractivity contribution in [2.45, 2.75) is 39.8 Å². The zero-order chi connectivity index (χ0) is 13.5. The maximum Gasteiger partial charge on any atom is 0.287 e. The Morgan fingerprint density at radius 3 is 2.89 bits per heavy atom. The molecule has 7 heteroatoms. The fraction of sp³-hybridized carbons (Fsp3) is 0.727. The number of amides is 1. The highest BCUT2D eigenvalue weighted by Gasteiger charge is 2.12. The van der Waals surface area contributed by atoms with Crippen LogP contribution in [0.4, 0.5) is 0 Å². The maximum atomic E-state index is 11.2. The van der Waals surface area contributed by atoms with Crippen LogP contribution < -0.4 is 11.3 Å². The minimum atomic E-state index is -0.421. The number of carbonyl (C=O) groups excluding carboxylic acids is 1. The monoisotopic (exact) mass is 254 g/mol. The fourth-order valence-electron chi connectivity index (χ4n) is 1.76. The number of nitrogens with one attached hydrogen (secondary N) is 1. The molecule has 0 aliphatic carbocycles. The van der Waals surface area contributed by atoms with Gasteiger partial charge in [-0.25, -0.2) is 5.84 Å². The third-order valence-electron chi connectivity index (χ3n) is 3.14. The molecule has 0 aliphatic heterocycles. The summed E-state index contributed by atoms with van der Waals surface area (Å²) in [4.78, 5) is 13.6. The topological polar surface area (TPSA) is 89.1 Å². The predicted molar refractivity (Wildman–Crippen MR) is 68.7 cm³/mol. The second kappa shape index (κ2) is 7.07. The first kappa shape index (κ1) is 14.6. The van der Waals surface area contributed by atoms with E-state index in [0.717, 1.165) is 19.5 Å². The van der Waals surface area contributed by atoms with Crippen molar-refractivity contribution in [2.75, 3.05) is 13.1 Å². The second-order valence-corrected chi connectivity index (χ2v) is 4.23. The smallest absolute Gasteiger partial charge is 0.287 e. The number of nitrogens with two attached hydrogens (primary N) is 1. The summed E-state index contributed by atoms with van der Waals surface area (Å²) in [6, 6.07) is 0.547. The number of carbonyl (C=O) groups is 1. The lowest BCUT2D eigenvalue weighted by atomic mass is 10.2. The van der Waals surface area contributed by atoms with Gasteiger partial charge in [0, 0.05) is 12.6 Å². The van der Waals surface area contributed by atoms with Gasteiger partial charge >= 0.3 is 0 Å². The minimum Gasteiger partial charge on any atom is -0.299 e. The number of aromatic nitrogens is 3. The molecule has 1 aromatic rings. The summed E-state index contributed by atoms with van der Waals surface area (Å²) in [6.45, 7) is 9.12. The van der Waals surface area contributed by atoms with E-state index in [4.69, 9.17) is 5.84 Å². The summed E-state index contributed by atoms with van der Waals surface area (Å²) >= 11 is 0. The van der Waals surface area contributed by atoms with E-state index in [1.165, 1.54) is 0 Å². The van der Waals surface area contributed by atoms with Crippen LogP contribution in [0.1, 0.15) is 37.7 Å². The van der Waals surface area contributed by atoms with Gasteiger partial charge in [0.2, 0.25) is 0 Å². The molecular formula is C11H22N6O. The van der Waals surface area contributed by atoms with Crippen LogP contribution in [0.3, 0.4) is 0 Å². The van der Waals surface area contributed by atoms with Crippen LogP contribution in [0.5, 0.6) is 0 Å². The molecule has 0 fully saturated rings. The van der Waals surface area contributed by atoms with Crippen molar-refractivity contribution < 1.29 is 4.79 Å². The van der Waals surface area contributed by atoms with E-state index in [-0.39, 0.29) is 5.69 Å². The number of hydrazine groups is 1. The predicted octanol–water partition coefficient (Wildman–Crippen LogP) is 0.00200. The van der Waals surface area contributed by atoms with Crippen molar-refractivity contribution in [1.29, 1.82) is 0 Å². The van der Waals surface area contributed by atoms with Gasteiger partial charge in [0.05, 0.1) is 12.7 Å². The van der Waals surface area contributed by atoms with E-state index in [9.17, 15) is 4.79 Å². The van der Waals surface area contributed by atoms with Crippen molar-refractivity contribution in [3.63, 3.8) is 0 Å². The average molecular weight is 254 g/mol. The summed E-state index contributed by atoms with van der Waals surface area (Å²) in [6.07, 6.45) is 2.72. The van der Waals surface area contributed by atoms with Gasteiger partial charge in [-0.15, -0.1) is 5.10 Å². The van der Waals surface area contributed by atoms with Crippen LogP contribution >= 0.6 is 0 Å². The standard InChI is InChI=1S/C11H22N6O/c1-4-9(3)16(5-2)6-7-17-8-10(14-15-17)11(18)13-12/h8-9H,4-7,12H2,1-3H3,(H,13,18). The first-order chi connectivity index (χ1) is 8.62. The van der Waals surface area contributed by atoms with E-state index < -0.39 is 5.91 Å². The normalized spacial score (nSPS) is 12.7. The summed E-state index contributed by atoms with van der Waals surface area (Å²) in [5.74, 6) is 4.61. The van der Waals surface area contributed by atoms with Gasteiger partial charge in [-0.3, -0.25) is 19.8 Å². The molecule has 1 unspecified atom stereocenters. The Hall–Kier alpha value is -1.47. The summed E-state index contributed by atoms with van der Waals surface area (Å²) in [5, 5.41) is 7.66. The molecule has 18 heavy (non-hydrogen) atoms. The molecule has 0 saturated heterocycles. The number of nitrogens with zero attached hydrogens (tertiary/aromatic N) is 4. The van der Waals surface area contributed by atoms with Gasteiger partial charge in [-0.2, -0.15) is 0 Å². The molecule has 102 valence electrons. The van der Waals surface area contributed by atoms with Crippen molar-refractivity contribution in [1.82, 2.24) is 25.3 Å². The van der Waals surface area contributed by atoms with E-state index in [1.807, 2.05) is 5.43 Å². The van der Waals surface area contributed by atoms with Gasteiger partial charge in [-0.1, -0.05) is 19.1 Å². The third kappa shape index (κ3) is 3.78. The largest absolute Gasteiger partial charge is 0.299 e. The Morgan fingerprint density at radius 1 is 1.61 bits per heavy atom. The Kier molecular flexibility index (Phi) is 5.73. The maximum absolute atomic E-state index is 11.2. The molecule has 3 N–H and O–H groups in total. The van der Waals surface area contributed by atoms with Gasteiger partial charge < -0.3 is 0 Å².